The van der Waals surface area contributed by atoms with Crippen LogP contribution in [0.1, 0.15) is 5.56 Å². The third kappa shape index (κ3) is 2.36. The van der Waals surface area contributed by atoms with Gasteiger partial charge in [-0.3, -0.25) is 0 Å². The molecule has 3 nitrogen and oxygen atoms in total. The molecule has 1 heterocycles. The second kappa shape index (κ2) is 3.96. The molecule has 2 aromatic rings. The van der Waals surface area contributed by atoms with E-state index in [0.29, 0.717) is 5.56 Å². The largest absolute Gasteiger partial charge is 0.424 e. The lowest BCUT2D eigenvalue weighted by molar-refractivity contribution is -0.137. The zero-order valence-corrected chi connectivity index (χ0v) is 9.01. The van der Waals surface area contributed by atoms with E-state index in [9.17, 15) is 13.2 Å². The van der Waals surface area contributed by atoms with E-state index >= 15 is 0 Å². The van der Waals surface area contributed by atoms with E-state index < -0.39 is 16.8 Å². The Balaban J connectivity index is 2.44. The van der Waals surface area contributed by atoms with Gasteiger partial charge >= 0.3 is 6.18 Å². The standard InChI is InChI=1S/C10H6ClF3N2O/c11-7-3-5(8-4-16-9(15)17-8)1-2-6(7)10(12,13)14/h1-4H,(H2,15,16). The highest BCUT2D eigenvalue weighted by Crippen LogP contribution is 2.36. The van der Waals surface area contributed by atoms with Crippen molar-refractivity contribution in [3.63, 3.8) is 0 Å². The van der Waals surface area contributed by atoms with Crippen LogP contribution in [-0.2, 0) is 6.18 Å². The molecule has 0 aliphatic carbocycles. The zero-order chi connectivity index (χ0) is 12.6. The van der Waals surface area contributed by atoms with Crippen molar-refractivity contribution >= 4 is 17.6 Å². The lowest BCUT2D eigenvalue weighted by atomic mass is 10.1. The number of nitrogen functional groups attached to an aromatic ring is 1. The molecule has 0 unspecified atom stereocenters. The lowest BCUT2D eigenvalue weighted by Gasteiger charge is -2.09. The summed E-state index contributed by atoms with van der Waals surface area (Å²) in [4.78, 5) is 3.64. The van der Waals surface area contributed by atoms with Gasteiger partial charge in [0.2, 0.25) is 0 Å². The number of anilines is 1. The van der Waals surface area contributed by atoms with Gasteiger partial charge in [0.05, 0.1) is 16.8 Å². The number of nitrogens with two attached hydrogens (primary N) is 1. The van der Waals surface area contributed by atoms with Gasteiger partial charge in [0.25, 0.3) is 6.01 Å². The number of halogens is 4. The normalized spacial score (nSPS) is 11.8. The van der Waals surface area contributed by atoms with E-state index in [1.807, 2.05) is 0 Å². The molecule has 0 fully saturated rings. The van der Waals surface area contributed by atoms with E-state index in [2.05, 4.69) is 4.98 Å². The molecule has 90 valence electrons. The molecule has 0 atom stereocenters. The Morgan fingerprint density at radius 2 is 2.00 bits per heavy atom. The minimum absolute atomic E-state index is 0.0592. The van der Waals surface area contributed by atoms with Gasteiger partial charge < -0.3 is 10.2 Å². The number of rotatable bonds is 1. The van der Waals surface area contributed by atoms with Crippen molar-refractivity contribution in [3.05, 3.63) is 35.0 Å². The second-order valence-corrected chi connectivity index (χ2v) is 3.66. The number of nitrogens with zero attached hydrogens (tertiary/aromatic N) is 1. The molecule has 1 aromatic heterocycles. The molecule has 1 aromatic carbocycles. The molecule has 2 rings (SSSR count). The van der Waals surface area contributed by atoms with Gasteiger partial charge in [-0.2, -0.15) is 13.2 Å². The SMILES string of the molecule is Nc1ncc(-c2ccc(C(F)(F)F)c(Cl)c2)o1. The van der Waals surface area contributed by atoms with Crippen LogP contribution < -0.4 is 5.73 Å². The highest BCUT2D eigenvalue weighted by atomic mass is 35.5. The van der Waals surface area contributed by atoms with Gasteiger partial charge in [0.1, 0.15) is 0 Å². The number of hydrogen-bond donors (Lipinski definition) is 1. The number of hydrogen-bond acceptors (Lipinski definition) is 3. The molecule has 0 bridgehead atoms. The fourth-order valence-electron chi connectivity index (χ4n) is 1.32. The topological polar surface area (TPSA) is 52.0 Å². The van der Waals surface area contributed by atoms with Gasteiger partial charge in [0.15, 0.2) is 5.76 Å². The summed E-state index contributed by atoms with van der Waals surface area (Å²) in [7, 11) is 0. The van der Waals surface area contributed by atoms with Gasteiger partial charge in [0, 0.05) is 5.56 Å². The molecule has 2 N–H and O–H groups in total. The van der Waals surface area contributed by atoms with Crippen molar-refractivity contribution < 1.29 is 17.6 Å². The molecular weight excluding hydrogens is 257 g/mol. The average Bonchev–Trinajstić information content (AvgIpc) is 2.62. The summed E-state index contributed by atoms with van der Waals surface area (Å²) in [5.74, 6) is 0.262. The molecule has 0 amide bonds. The van der Waals surface area contributed by atoms with Crippen molar-refractivity contribution in [1.29, 1.82) is 0 Å². The predicted octanol–water partition coefficient (Wildman–Crippen LogP) is 3.60. The molecule has 17 heavy (non-hydrogen) atoms. The van der Waals surface area contributed by atoms with Crippen LogP contribution in [0.4, 0.5) is 19.2 Å². The van der Waals surface area contributed by atoms with Crippen molar-refractivity contribution in [3.8, 4) is 11.3 Å². The maximum atomic E-state index is 12.4. The first-order chi connectivity index (χ1) is 7.88. The molecule has 0 saturated heterocycles. The fourth-order valence-corrected chi connectivity index (χ4v) is 1.61. The quantitative estimate of drug-likeness (QED) is 0.854. The Bertz CT molecular complexity index is 551. The van der Waals surface area contributed by atoms with E-state index in [1.54, 1.807) is 0 Å². The number of oxazole rings is 1. The van der Waals surface area contributed by atoms with Crippen LogP contribution in [0.15, 0.2) is 28.8 Å². The van der Waals surface area contributed by atoms with Crippen LogP contribution in [0.5, 0.6) is 0 Å². The number of benzene rings is 1. The maximum absolute atomic E-state index is 12.4. The first kappa shape index (κ1) is 11.8. The van der Waals surface area contributed by atoms with Crippen LogP contribution in [0.25, 0.3) is 11.3 Å². The van der Waals surface area contributed by atoms with Crippen molar-refractivity contribution in [2.45, 2.75) is 6.18 Å². The Morgan fingerprint density at radius 3 is 2.47 bits per heavy atom. The average molecular weight is 263 g/mol. The summed E-state index contributed by atoms with van der Waals surface area (Å²) in [6.45, 7) is 0. The van der Waals surface area contributed by atoms with Crippen molar-refractivity contribution in [1.82, 2.24) is 4.98 Å². The highest BCUT2D eigenvalue weighted by molar-refractivity contribution is 6.31. The minimum Gasteiger partial charge on any atom is -0.424 e. The van der Waals surface area contributed by atoms with Crippen LogP contribution >= 0.6 is 11.6 Å². The molecule has 0 radical (unpaired) electrons. The van der Waals surface area contributed by atoms with E-state index in [4.69, 9.17) is 21.8 Å². The van der Waals surface area contributed by atoms with E-state index in [0.717, 1.165) is 12.1 Å². The Morgan fingerprint density at radius 1 is 1.29 bits per heavy atom. The first-order valence-electron chi connectivity index (χ1n) is 4.46. The molecular formula is C10H6ClF3N2O. The second-order valence-electron chi connectivity index (χ2n) is 3.26. The molecule has 0 saturated carbocycles. The zero-order valence-electron chi connectivity index (χ0n) is 8.25. The monoisotopic (exact) mass is 262 g/mol. The molecule has 0 aliphatic rings. The Labute approximate surface area is 99.0 Å². The third-order valence-electron chi connectivity index (χ3n) is 2.08. The van der Waals surface area contributed by atoms with E-state index in [-0.39, 0.29) is 11.8 Å². The number of aromatic nitrogens is 1. The van der Waals surface area contributed by atoms with Crippen LogP contribution in [-0.4, -0.2) is 4.98 Å². The highest BCUT2D eigenvalue weighted by Gasteiger charge is 2.33. The summed E-state index contributed by atoms with van der Waals surface area (Å²) in [5, 5.41) is -0.398. The predicted molar refractivity (Wildman–Crippen MR) is 56.4 cm³/mol. The summed E-state index contributed by atoms with van der Waals surface area (Å²) in [6, 6.07) is 3.23. The molecule has 7 heteroatoms. The maximum Gasteiger partial charge on any atom is 0.417 e. The summed E-state index contributed by atoms with van der Waals surface area (Å²) in [5.41, 5.74) is 4.75. The molecule has 0 spiro atoms. The summed E-state index contributed by atoms with van der Waals surface area (Å²) < 4.78 is 42.3. The summed E-state index contributed by atoms with van der Waals surface area (Å²) >= 11 is 5.56. The Hall–Kier alpha value is -1.69. The van der Waals surface area contributed by atoms with Crippen LogP contribution in [0.2, 0.25) is 5.02 Å². The molecule has 0 aliphatic heterocycles. The first-order valence-corrected chi connectivity index (χ1v) is 4.84. The van der Waals surface area contributed by atoms with Gasteiger partial charge in [-0.1, -0.05) is 17.7 Å². The van der Waals surface area contributed by atoms with Crippen LogP contribution in [0.3, 0.4) is 0 Å². The third-order valence-corrected chi connectivity index (χ3v) is 2.40. The Kier molecular flexibility index (Phi) is 2.74. The number of alkyl halides is 3. The minimum atomic E-state index is -4.48. The van der Waals surface area contributed by atoms with Crippen molar-refractivity contribution in [2.24, 2.45) is 0 Å². The van der Waals surface area contributed by atoms with E-state index in [1.165, 1.54) is 12.3 Å². The smallest absolute Gasteiger partial charge is 0.417 e. The van der Waals surface area contributed by atoms with Gasteiger partial charge in [-0.05, 0) is 12.1 Å². The fraction of sp³-hybridized carbons (Fsp3) is 0.100. The van der Waals surface area contributed by atoms with Gasteiger partial charge in [-0.15, -0.1) is 0 Å². The van der Waals surface area contributed by atoms with Crippen molar-refractivity contribution in [2.75, 3.05) is 5.73 Å². The van der Waals surface area contributed by atoms with Gasteiger partial charge in [-0.25, -0.2) is 4.98 Å². The van der Waals surface area contributed by atoms with Crippen LogP contribution in [0, 0.1) is 0 Å². The lowest BCUT2D eigenvalue weighted by Crippen LogP contribution is -2.05. The summed E-state index contributed by atoms with van der Waals surface area (Å²) in [6.07, 6.45) is -3.16.